The average Bonchev–Trinajstić information content (AvgIpc) is 3.23. The SMILES string of the molecule is COc1ccc(OC)c(C2c3c(C)nn(CCO)c3Oc3c2c(C)nn3CCO)c1. The molecule has 0 saturated carbocycles. The van der Waals surface area contributed by atoms with E-state index in [0.717, 1.165) is 28.1 Å². The molecule has 2 N–H and O–H groups in total. The average molecular weight is 414 g/mol. The number of nitrogens with zero attached hydrogens (tertiary/aromatic N) is 4. The van der Waals surface area contributed by atoms with Gasteiger partial charge < -0.3 is 24.4 Å². The molecule has 3 heterocycles. The molecule has 2 aromatic heterocycles. The van der Waals surface area contributed by atoms with Crippen LogP contribution in [0, 0.1) is 13.8 Å². The zero-order chi connectivity index (χ0) is 21.4. The second-order valence-corrected chi connectivity index (χ2v) is 7.14. The number of hydrogen-bond donors (Lipinski definition) is 2. The maximum absolute atomic E-state index is 9.50. The molecular formula is C21H26N4O5. The molecule has 3 aromatic rings. The molecule has 9 heteroatoms. The summed E-state index contributed by atoms with van der Waals surface area (Å²) in [4.78, 5) is 0. The van der Waals surface area contributed by atoms with Crippen molar-refractivity contribution in [3.63, 3.8) is 0 Å². The Labute approximate surface area is 174 Å². The molecule has 0 aliphatic carbocycles. The fraction of sp³-hybridized carbons (Fsp3) is 0.429. The predicted molar refractivity (Wildman–Crippen MR) is 109 cm³/mol. The van der Waals surface area contributed by atoms with E-state index in [1.54, 1.807) is 23.6 Å². The number of aliphatic hydroxyl groups excluding tert-OH is 2. The highest BCUT2D eigenvalue weighted by molar-refractivity contribution is 5.61. The molecule has 1 aliphatic heterocycles. The fourth-order valence-corrected chi connectivity index (χ4v) is 4.13. The van der Waals surface area contributed by atoms with Gasteiger partial charge in [0.1, 0.15) is 11.5 Å². The van der Waals surface area contributed by atoms with Crippen LogP contribution in [0.3, 0.4) is 0 Å². The molecule has 0 atom stereocenters. The molecular weight excluding hydrogens is 388 g/mol. The van der Waals surface area contributed by atoms with Gasteiger partial charge in [-0.25, -0.2) is 9.36 Å². The first-order valence-electron chi connectivity index (χ1n) is 9.80. The predicted octanol–water partition coefficient (Wildman–Crippen LogP) is 1.98. The monoisotopic (exact) mass is 414 g/mol. The van der Waals surface area contributed by atoms with Crippen molar-refractivity contribution < 1.29 is 24.4 Å². The van der Waals surface area contributed by atoms with Crippen molar-refractivity contribution >= 4 is 0 Å². The summed E-state index contributed by atoms with van der Waals surface area (Å²) in [7, 11) is 3.26. The third kappa shape index (κ3) is 3.10. The second-order valence-electron chi connectivity index (χ2n) is 7.14. The van der Waals surface area contributed by atoms with Crippen LogP contribution in [0.1, 0.15) is 34.0 Å². The van der Waals surface area contributed by atoms with Crippen molar-refractivity contribution in [3.05, 3.63) is 46.3 Å². The Morgan fingerprint density at radius 1 is 0.933 bits per heavy atom. The Morgan fingerprint density at radius 2 is 1.50 bits per heavy atom. The van der Waals surface area contributed by atoms with Crippen LogP contribution in [0.15, 0.2) is 18.2 Å². The van der Waals surface area contributed by atoms with Gasteiger partial charge in [0, 0.05) is 16.7 Å². The minimum atomic E-state index is -0.256. The van der Waals surface area contributed by atoms with E-state index < -0.39 is 0 Å². The zero-order valence-electron chi connectivity index (χ0n) is 17.5. The summed E-state index contributed by atoms with van der Waals surface area (Å²) in [6, 6.07) is 5.69. The van der Waals surface area contributed by atoms with Crippen LogP contribution in [0.5, 0.6) is 23.3 Å². The summed E-state index contributed by atoms with van der Waals surface area (Å²) in [6.07, 6.45) is 0. The van der Waals surface area contributed by atoms with E-state index in [1.165, 1.54) is 0 Å². The van der Waals surface area contributed by atoms with Gasteiger partial charge in [0.25, 0.3) is 0 Å². The summed E-state index contributed by atoms with van der Waals surface area (Å²) >= 11 is 0. The number of rotatable bonds is 7. The molecule has 1 aliphatic rings. The molecule has 0 bridgehead atoms. The molecule has 1 aromatic carbocycles. The third-order valence-electron chi connectivity index (χ3n) is 5.39. The van der Waals surface area contributed by atoms with Crippen molar-refractivity contribution in [2.24, 2.45) is 0 Å². The van der Waals surface area contributed by atoms with Gasteiger partial charge in [-0.2, -0.15) is 10.2 Å². The molecule has 4 rings (SSSR count). The Hall–Kier alpha value is -3.04. The van der Waals surface area contributed by atoms with Crippen molar-refractivity contribution in [1.29, 1.82) is 0 Å². The lowest BCUT2D eigenvalue weighted by Gasteiger charge is -2.27. The first-order valence-corrected chi connectivity index (χ1v) is 9.80. The number of ether oxygens (including phenoxy) is 3. The molecule has 0 saturated heterocycles. The number of aromatic nitrogens is 4. The quantitative estimate of drug-likeness (QED) is 0.477. The number of aliphatic hydroxyl groups is 2. The first-order chi connectivity index (χ1) is 14.5. The Bertz CT molecular complexity index is 1020. The van der Waals surface area contributed by atoms with Gasteiger partial charge in [0.2, 0.25) is 11.8 Å². The summed E-state index contributed by atoms with van der Waals surface area (Å²) < 4.78 is 20.8. The number of fused-ring (bicyclic) bond motifs is 2. The van der Waals surface area contributed by atoms with E-state index in [9.17, 15) is 10.2 Å². The van der Waals surface area contributed by atoms with Gasteiger partial charge in [-0.15, -0.1) is 0 Å². The van der Waals surface area contributed by atoms with Gasteiger partial charge in [-0.1, -0.05) is 0 Å². The first kappa shape index (κ1) is 20.2. The van der Waals surface area contributed by atoms with Gasteiger partial charge in [-0.3, -0.25) is 0 Å². The second kappa shape index (κ2) is 8.00. The Balaban J connectivity index is 2.02. The van der Waals surface area contributed by atoms with Crippen LogP contribution in [0.25, 0.3) is 0 Å². The highest BCUT2D eigenvalue weighted by Gasteiger charge is 2.39. The van der Waals surface area contributed by atoms with E-state index in [0.29, 0.717) is 36.3 Å². The number of methoxy groups -OCH3 is 2. The summed E-state index contributed by atoms with van der Waals surface area (Å²) in [6.45, 7) is 4.33. The van der Waals surface area contributed by atoms with Crippen molar-refractivity contribution in [2.45, 2.75) is 32.9 Å². The van der Waals surface area contributed by atoms with E-state index in [2.05, 4.69) is 10.2 Å². The van der Waals surface area contributed by atoms with Crippen LogP contribution in [-0.4, -0.2) is 57.2 Å². The largest absolute Gasteiger partial charge is 0.497 e. The van der Waals surface area contributed by atoms with Gasteiger partial charge in [0.05, 0.1) is 57.8 Å². The van der Waals surface area contributed by atoms with Gasteiger partial charge in [0.15, 0.2) is 0 Å². The summed E-state index contributed by atoms with van der Waals surface area (Å²) in [5.41, 5.74) is 4.30. The van der Waals surface area contributed by atoms with Crippen molar-refractivity contribution in [3.8, 4) is 23.3 Å². The van der Waals surface area contributed by atoms with Crippen LogP contribution in [0.4, 0.5) is 0 Å². The molecule has 0 fully saturated rings. The highest BCUT2D eigenvalue weighted by atomic mass is 16.5. The minimum absolute atomic E-state index is 0.0636. The van der Waals surface area contributed by atoms with Crippen LogP contribution in [-0.2, 0) is 13.1 Å². The smallest absolute Gasteiger partial charge is 0.224 e. The maximum Gasteiger partial charge on any atom is 0.224 e. The highest BCUT2D eigenvalue weighted by Crippen LogP contribution is 2.52. The van der Waals surface area contributed by atoms with E-state index in [4.69, 9.17) is 14.2 Å². The molecule has 30 heavy (non-hydrogen) atoms. The topological polar surface area (TPSA) is 104 Å². The normalized spacial score (nSPS) is 13.0. The lowest BCUT2D eigenvalue weighted by Crippen LogP contribution is -2.17. The summed E-state index contributed by atoms with van der Waals surface area (Å²) in [5.74, 6) is 2.28. The third-order valence-corrected chi connectivity index (χ3v) is 5.39. The van der Waals surface area contributed by atoms with Crippen LogP contribution >= 0.6 is 0 Å². The number of benzene rings is 1. The lowest BCUT2D eigenvalue weighted by molar-refractivity contribution is 0.246. The molecule has 0 unspecified atom stereocenters. The number of hydrogen-bond acceptors (Lipinski definition) is 7. The zero-order valence-corrected chi connectivity index (χ0v) is 17.5. The molecule has 160 valence electrons. The molecule has 9 nitrogen and oxygen atoms in total. The van der Waals surface area contributed by atoms with E-state index >= 15 is 0 Å². The fourth-order valence-electron chi connectivity index (χ4n) is 4.13. The standard InChI is InChI=1S/C21H26N4O5/c1-12-17-19(15-11-14(28-3)5-6-16(15)29-4)18-13(2)23-25(8-10-27)21(18)30-20(17)24(22-12)7-9-26/h5-6,11,19,26-27H,7-10H2,1-4H3. The van der Waals surface area contributed by atoms with E-state index in [1.807, 2.05) is 32.0 Å². The molecule has 0 spiro atoms. The Kier molecular flexibility index (Phi) is 5.40. The molecule has 0 amide bonds. The molecule has 0 radical (unpaired) electrons. The summed E-state index contributed by atoms with van der Waals surface area (Å²) in [5, 5.41) is 28.2. The van der Waals surface area contributed by atoms with Crippen molar-refractivity contribution in [2.75, 3.05) is 27.4 Å². The lowest BCUT2D eigenvalue weighted by atomic mass is 9.83. The van der Waals surface area contributed by atoms with Crippen molar-refractivity contribution in [1.82, 2.24) is 19.6 Å². The van der Waals surface area contributed by atoms with Crippen LogP contribution < -0.4 is 14.2 Å². The minimum Gasteiger partial charge on any atom is -0.497 e. The Morgan fingerprint density at radius 3 is 1.97 bits per heavy atom. The number of aryl methyl sites for hydroxylation is 2. The van der Waals surface area contributed by atoms with Gasteiger partial charge >= 0.3 is 0 Å². The van der Waals surface area contributed by atoms with Crippen LogP contribution in [0.2, 0.25) is 0 Å². The van der Waals surface area contributed by atoms with Gasteiger partial charge in [-0.05, 0) is 32.0 Å². The van der Waals surface area contributed by atoms with E-state index in [-0.39, 0.29) is 19.1 Å². The maximum atomic E-state index is 9.50.